The molecule has 0 fully saturated rings. The van der Waals surface area contributed by atoms with Gasteiger partial charge in [0.15, 0.2) is 5.16 Å². The van der Waals surface area contributed by atoms with Crippen molar-refractivity contribution in [3.05, 3.63) is 80.9 Å². The number of hydrogen-bond acceptors (Lipinski definition) is 5. The van der Waals surface area contributed by atoms with Crippen LogP contribution in [0.3, 0.4) is 0 Å². The summed E-state index contributed by atoms with van der Waals surface area (Å²) in [6, 6.07) is 16.4. The van der Waals surface area contributed by atoms with E-state index < -0.39 is 0 Å². The van der Waals surface area contributed by atoms with Gasteiger partial charge in [-0.15, -0.1) is 11.3 Å². The van der Waals surface area contributed by atoms with Gasteiger partial charge in [0.05, 0.1) is 17.0 Å². The molecule has 0 saturated carbocycles. The number of para-hydroxylation sites is 1. The van der Waals surface area contributed by atoms with Crippen LogP contribution in [0.5, 0.6) is 0 Å². The second-order valence-electron chi connectivity index (χ2n) is 6.30. The zero-order valence-electron chi connectivity index (χ0n) is 15.4. The summed E-state index contributed by atoms with van der Waals surface area (Å²) in [5.41, 5.74) is 2.83. The van der Waals surface area contributed by atoms with Crippen LogP contribution in [0, 0.1) is 6.92 Å². The smallest absolute Gasteiger partial charge is 0.276 e. The van der Waals surface area contributed by atoms with Crippen LogP contribution in [-0.4, -0.2) is 21.2 Å². The van der Waals surface area contributed by atoms with Crippen molar-refractivity contribution < 1.29 is 4.79 Å². The van der Waals surface area contributed by atoms with E-state index in [0.717, 1.165) is 11.3 Å². The third-order valence-electron chi connectivity index (χ3n) is 4.27. The first-order valence-corrected chi connectivity index (χ1v) is 11.0. The van der Waals surface area contributed by atoms with Crippen LogP contribution >= 0.6 is 34.7 Å². The monoisotopic (exact) mass is 441 g/mol. The van der Waals surface area contributed by atoms with E-state index in [1.807, 2.05) is 36.6 Å². The Morgan fingerprint density at radius 3 is 2.83 bits per heavy atom. The molecule has 0 unspecified atom stereocenters. The lowest BCUT2D eigenvalue weighted by molar-refractivity contribution is -0.113. The Labute approximate surface area is 180 Å². The van der Waals surface area contributed by atoms with E-state index in [2.05, 4.69) is 10.3 Å². The van der Waals surface area contributed by atoms with Crippen molar-refractivity contribution in [2.75, 3.05) is 11.1 Å². The quantitative estimate of drug-likeness (QED) is 0.344. The number of anilines is 1. The molecule has 2 aromatic carbocycles. The number of nitrogens with zero attached hydrogens (tertiary/aromatic N) is 2. The van der Waals surface area contributed by atoms with Gasteiger partial charge in [-0.3, -0.25) is 14.2 Å². The van der Waals surface area contributed by atoms with Crippen molar-refractivity contribution >= 4 is 56.5 Å². The largest absolute Gasteiger partial charge is 0.325 e. The van der Waals surface area contributed by atoms with Crippen LogP contribution in [0.25, 0.3) is 15.9 Å². The summed E-state index contributed by atoms with van der Waals surface area (Å²) in [5.74, 6) is -0.0432. The second-order valence-corrected chi connectivity index (χ2v) is 8.60. The molecular weight excluding hydrogens is 426 g/mol. The Bertz CT molecular complexity index is 1270. The molecule has 146 valence electrons. The van der Waals surface area contributed by atoms with Gasteiger partial charge >= 0.3 is 0 Å². The molecule has 0 aliphatic carbocycles. The number of thiophene rings is 1. The Morgan fingerprint density at radius 1 is 1.21 bits per heavy atom. The molecule has 5 nitrogen and oxygen atoms in total. The highest BCUT2D eigenvalue weighted by Gasteiger charge is 2.16. The Balaban J connectivity index is 1.66. The zero-order chi connectivity index (χ0) is 20.4. The first kappa shape index (κ1) is 19.7. The number of carbonyl (C=O) groups excluding carboxylic acids is 1. The summed E-state index contributed by atoms with van der Waals surface area (Å²) in [4.78, 5) is 30.2. The molecule has 2 aromatic heterocycles. The van der Waals surface area contributed by atoms with E-state index in [1.165, 1.54) is 27.7 Å². The van der Waals surface area contributed by atoms with Crippen molar-refractivity contribution in [3.8, 4) is 5.69 Å². The topological polar surface area (TPSA) is 64.0 Å². The SMILES string of the molecule is Cc1ccccc1NC(=O)CSc1nc2ccsc2c(=O)n1-c1cccc(Cl)c1. The van der Waals surface area contributed by atoms with Gasteiger partial charge in [-0.1, -0.05) is 47.6 Å². The number of thioether (sulfide) groups is 1. The number of nitrogens with one attached hydrogen (secondary N) is 1. The van der Waals surface area contributed by atoms with E-state index >= 15 is 0 Å². The van der Waals surface area contributed by atoms with Crippen molar-refractivity contribution in [2.45, 2.75) is 12.1 Å². The molecular formula is C21H16ClN3O2S2. The van der Waals surface area contributed by atoms with Gasteiger partial charge in [0.2, 0.25) is 5.91 Å². The first-order valence-electron chi connectivity index (χ1n) is 8.77. The number of aryl methyl sites for hydroxylation is 1. The molecule has 0 radical (unpaired) electrons. The lowest BCUT2D eigenvalue weighted by Crippen LogP contribution is -2.22. The molecule has 2 heterocycles. The Morgan fingerprint density at radius 2 is 2.03 bits per heavy atom. The van der Waals surface area contributed by atoms with Gasteiger partial charge in [-0.2, -0.15) is 0 Å². The first-order chi connectivity index (χ1) is 14.0. The molecule has 0 aliphatic rings. The summed E-state index contributed by atoms with van der Waals surface area (Å²) in [7, 11) is 0. The summed E-state index contributed by atoms with van der Waals surface area (Å²) >= 11 is 8.69. The normalized spacial score (nSPS) is 11.0. The summed E-state index contributed by atoms with van der Waals surface area (Å²) in [5, 5.41) is 5.71. The highest BCUT2D eigenvalue weighted by molar-refractivity contribution is 7.99. The third kappa shape index (κ3) is 4.22. The zero-order valence-corrected chi connectivity index (χ0v) is 17.8. The van der Waals surface area contributed by atoms with E-state index in [4.69, 9.17) is 11.6 Å². The fraction of sp³-hybridized carbons (Fsp3) is 0.0952. The summed E-state index contributed by atoms with van der Waals surface area (Å²) < 4.78 is 2.08. The van der Waals surface area contributed by atoms with Gasteiger partial charge in [0.1, 0.15) is 4.70 Å². The molecule has 1 N–H and O–H groups in total. The number of hydrogen-bond donors (Lipinski definition) is 1. The van der Waals surface area contributed by atoms with Gasteiger partial charge in [0, 0.05) is 10.7 Å². The fourth-order valence-electron chi connectivity index (χ4n) is 2.86. The number of amides is 1. The molecule has 4 rings (SSSR count). The van der Waals surface area contributed by atoms with Crippen LogP contribution in [-0.2, 0) is 4.79 Å². The van der Waals surface area contributed by atoms with E-state index in [9.17, 15) is 9.59 Å². The number of carbonyl (C=O) groups is 1. The minimum absolute atomic E-state index is 0.122. The molecule has 0 spiro atoms. The molecule has 8 heteroatoms. The highest BCUT2D eigenvalue weighted by atomic mass is 35.5. The van der Waals surface area contributed by atoms with E-state index in [-0.39, 0.29) is 17.2 Å². The fourth-order valence-corrected chi connectivity index (χ4v) is 4.62. The molecule has 29 heavy (non-hydrogen) atoms. The minimum Gasteiger partial charge on any atom is -0.325 e. The lowest BCUT2D eigenvalue weighted by atomic mass is 10.2. The second kappa shape index (κ2) is 8.41. The standard InChI is InChI=1S/C21H16ClN3O2S2/c1-13-5-2-3-8-16(13)23-18(26)12-29-21-24-17-9-10-28-19(17)20(27)25(21)15-7-4-6-14(22)11-15/h2-11H,12H2,1H3,(H,23,26). The Hall–Kier alpha value is -2.61. The molecule has 4 aromatic rings. The van der Waals surface area contributed by atoms with Crippen LogP contribution < -0.4 is 10.9 Å². The molecule has 0 saturated heterocycles. The molecule has 1 amide bonds. The minimum atomic E-state index is -0.172. The van der Waals surface area contributed by atoms with Crippen molar-refractivity contribution in [2.24, 2.45) is 0 Å². The highest BCUT2D eigenvalue weighted by Crippen LogP contribution is 2.25. The maximum Gasteiger partial charge on any atom is 0.276 e. The van der Waals surface area contributed by atoms with Gasteiger partial charge < -0.3 is 5.32 Å². The third-order valence-corrected chi connectivity index (χ3v) is 6.33. The number of benzene rings is 2. The molecule has 0 atom stereocenters. The average Bonchev–Trinajstić information content (AvgIpc) is 3.17. The van der Waals surface area contributed by atoms with E-state index in [0.29, 0.717) is 26.1 Å². The predicted octanol–water partition coefficient (Wildman–Crippen LogP) is 5.14. The number of halogens is 1. The maximum absolute atomic E-state index is 13.1. The number of aromatic nitrogens is 2. The van der Waals surface area contributed by atoms with Crippen LogP contribution in [0.1, 0.15) is 5.56 Å². The summed E-state index contributed by atoms with van der Waals surface area (Å²) in [6.07, 6.45) is 0. The Kier molecular flexibility index (Phi) is 5.71. The molecule has 0 bridgehead atoms. The average molecular weight is 442 g/mol. The number of rotatable bonds is 5. The number of fused-ring (bicyclic) bond motifs is 1. The predicted molar refractivity (Wildman–Crippen MR) is 121 cm³/mol. The van der Waals surface area contributed by atoms with E-state index in [1.54, 1.807) is 30.3 Å². The lowest BCUT2D eigenvalue weighted by Gasteiger charge is -2.13. The van der Waals surface area contributed by atoms with Gasteiger partial charge in [-0.05, 0) is 48.2 Å². The van der Waals surface area contributed by atoms with Crippen molar-refractivity contribution in [1.82, 2.24) is 9.55 Å². The van der Waals surface area contributed by atoms with Crippen molar-refractivity contribution in [3.63, 3.8) is 0 Å². The van der Waals surface area contributed by atoms with Gasteiger partial charge in [0.25, 0.3) is 5.56 Å². The summed E-state index contributed by atoms with van der Waals surface area (Å²) in [6.45, 7) is 1.94. The maximum atomic E-state index is 13.1. The molecule has 0 aliphatic heterocycles. The van der Waals surface area contributed by atoms with Crippen LogP contribution in [0.4, 0.5) is 5.69 Å². The van der Waals surface area contributed by atoms with Gasteiger partial charge in [-0.25, -0.2) is 4.98 Å². The van der Waals surface area contributed by atoms with Crippen LogP contribution in [0.2, 0.25) is 5.02 Å². The van der Waals surface area contributed by atoms with Crippen LogP contribution in [0.15, 0.2) is 69.9 Å². The van der Waals surface area contributed by atoms with Crippen molar-refractivity contribution in [1.29, 1.82) is 0 Å².